The molecule has 0 aliphatic heterocycles. The minimum absolute atomic E-state index is 0.674. The smallest absolute Gasteiger partial charge is 0.134 e. The van der Waals surface area contributed by atoms with Crippen LogP contribution in [0.1, 0.15) is 12.8 Å². The Morgan fingerprint density at radius 3 is 2.53 bits per heavy atom. The maximum atomic E-state index is 5.70. The first kappa shape index (κ1) is 13.2. The van der Waals surface area contributed by atoms with E-state index in [1.807, 2.05) is 12.1 Å². The molecule has 0 radical (unpaired) electrons. The molecule has 0 spiro atoms. The van der Waals surface area contributed by atoms with E-state index in [0.29, 0.717) is 6.61 Å². The predicted octanol–water partition coefficient (Wildman–Crippen LogP) is 3.35. The van der Waals surface area contributed by atoms with Gasteiger partial charge in [-0.15, -0.1) is 0 Å². The molecule has 0 saturated heterocycles. The highest BCUT2D eigenvalue weighted by Crippen LogP contribution is 2.35. The minimum atomic E-state index is 0.674. The van der Waals surface area contributed by atoms with Gasteiger partial charge in [0.2, 0.25) is 0 Å². The van der Waals surface area contributed by atoms with E-state index in [2.05, 4.69) is 37.2 Å². The molecule has 1 N–H and O–H groups in total. The molecule has 0 bridgehead atoms. The number of halogens is 2. The van der Waals surface area contributed by atoms with E-state index in [0.717, 1.165) is 33.0 Å². The summed E-state index contributed by atoms with van der Waals surface area (Å²) in [5.41, 5.74) is 0. The normalized spacial score (nSPS) is 14.8. The van der Waals surface area contributed by atoms with Crippen LogP contribution in [-0.4, -0.2) is 26.3 Å². The van der Waals surface area contributed by atoms with Gasteiger partial charge in [0.25, 0.3) is 0 Å². The lowest BCUT2D eigenvalue weighted by atomic mass is 10.3. The topological polar surface area (TPSA) is 30.5 Å². The Labute approximate surface area is 118 Å². The Morgan fingerprint density at radius 2 is 1.88 bits per heavy atom. The zero-order chi connectivity index (χ0) is 12.3. The number of hydrogen-bond donors (Lipinski definition) is 1. The van der Waals surface area contributed by atoms with Crippen molar-refractivity contribution in [3.8, 4) is 11.5 Å². The maximum absolute atomic E-state index is 5.70. The molecule has 3 nitrogen and oxygen atoms in total. The van der Waals surface area contributed by atoms with Crippen LogP contribution in [0.3, 0.4) is 0 Å². The van der Waals surface area contributed by atoms with Crippen molar-refractivity contribution in [2.45, 2.75) is 18.9 Å². The van der Waals surface area contributed by atoms with Crippen LogP contribution in [0.4, 0.5) is 0 Å². The molecule has 17 heavy (non-hydrogen) atoms. The Morgan fingerprint density at radius 1 is 1.24 bits per heavy atom. The van der Waals surface area contributed by atoms with Gasteiger partial charge in [0.15, 0.2) is 0 Å². The van der Waals surface area contributed by atoms with Crippen LogP contribution in [0.15, 0.2) is 21.1 Å². The summed E-state index contributed by atoms with van der Waals surface area (Å²) < 4.78 is 12.7. The van der Waals surface area contributed by atoms with Crippen LogP contribution in [0.2, 0.25) is 0 Å². The average molecular weight is 365 g/mol. The molecule has 0 heterocycles. The molecule has 0 amide bonds. The van der Waals surface area contributed by atoms with Crippen LogP contribution in [0.5, 0.6) is 11.5 Å². The highest BCUT2D eigenvalue weighted by Gasteiger charge is 2.19. The Balaban J connectivity index is 1.88. The molecular weight excluding hydrogens is 350 g/mol. The Hall–Kier alpha value is -0.260. The third-order valence-electron chi connectivity index (χ3n) is 2.58. The molecule has 0 aromatic heterocycles. The van der Waals surface area contributed by atoms with Crippen LogP contribution < -0.4 is 14.8 Å². The number of nitrogens with one attached hydrogen (secondary N) is 1. The van der Waals surface area contributed by atoms with Crippen LogP contribution in [-0.2, 0) is 0 Å². The van der Waals surface area contributed by atoms with Gasteiger partial charge in [-0.2, -0.15) is 0 Å². The first-order chi connectivity index (χ1) is 8.20. The molecule has 5 heteroatoms. The standard InChI is InChI=1S/C12H15Br2NO2/c1-16-11-6-10(14)12(7-9(11)13)17-5-4-15-8-2-3-8/h6-8,15H,2-5H2,1H3. The van der Waals surface area contributed by atoms with Gasteiger partial charge in [0.05, 0.1) is 16.1 Å². The SMILES string of the molecule is COc1cc(Br)c(OCCNC2CC2)cc1Br. The van der Waals surface area contributed by atoms with Gasteiger partial charge in [-0.05, 0) is 56.8 Å². The third-order valence-corrected chi connectivity index (χ3v) is 3.82. The van der Waals surface area contributed by atoms with Gasteiger partial charge >= 0.3 is 0 Å². The second-order valence-corrected chi connectivity index (χ2v) is 5.70. The van der Waals surface area contributed by atoms with Crippen molar-refractivity contribution < 1.29 is 9.47 Å². The second-order valence-electron chi connectivity index (χ2n) is 3.99. The van der Waals surface area contributed by atoms with Crippen LogP contribution in [0.25, 0.3) is 0 Å². The highest BCUT2D eigenvalue weighted by atomic mass is 79.9. The summed E-state index contributed by atoms with van der Waals surface area (Å²) in [6.07, 6.45) is 2.61. The zero-order valence-electron chi connectivity index (χ0n) is 9.63. The molecule has 1 fully saturated rings. The first-order valence-electron chi connectivity index (χ1n) is 5.60. The van der Waals surface area contributed by atoms with Crippen molar-refractivity contribution in [1.29, 1.82) is 0 Å². The number of hydrogen-bond acceptors (Lipinski definition) is 3. The van der Waals surface area contributed by atoms with Gasteiger partial charge < -0.3 is 14.8 Å². The van der Waals surface area contributed by atoms with Crippen molar-refractivity contribution >= 4 is 31.9 Å². The lowest BCUT2D eigenvalue weighted by Crippen LogP contribution is -2.22. The van der Waals surface area contributed by atoms with E-state index in [4.69, 9.17) is 9.47 Å². The van der Waals surface area contributed by atoms with E-state index in [1.165, 1.54) is 12.8 Å². The van der Waals surface area contributed by atoms with Crippen molar-refractivity contribution in [2.24, 2.45) is 0 Å². The number of rotatable bonds is 6. The number of ether oxygens (including phenoxy) is 2. The zero-order valence-corrected chi connectivity index (χ0v) is 12.8. The first-order valence-corrected chi connectivity index (χ1v) is 7.18. The van der Waals surface area contributed by atoms with Gasteiger partial charge in [0, 0.05) is 12.6 Å². The highest BCUT2D eigenvalue weighted by molar-refractivity contribution is 9.11. The van der Waals surface area contributed by atoms with Crippen molar-refractivity contribution in [1.82, 2.24) is 5.32 Å². The lowest BCUT2D eigenvalue weighted by Gasteiger charge is -2.11. The van der Waals surface area contributed by atoms with Crippen LogP contribution >= 0.6 is 31.9 Å². The molecule has 94 valence electrons. The number of benzene rings is 1. The summed E-state index contributed by atoms with van der Waals surface area (Å²) in [7, 11) is 1.65. The predicted molar refractivity (Wildman–Crippen MR) is 74.9 cm³/mol. The molecule has 1 saturated carbocycles. The number of methoxy groups -OCH3 is 1. The van der Waals surface area contributed by atoms with Gasteiger partial charge in [-0.3, -0.25) is 0 Å². The maximum Gasteiger partial charge on any atom is 0.134 e. The third kappa shape index (κ3) is 3.86. The molecular formula is C12H15Br2NO2. The summed E-state index contributed by atoms with van der Waals surface area (Å²) in [5, 5.41) is 3.41. The van der Waals surface area contributed by atoms with Gasteiger partial charge in [-0.1, -0.05) is 0 Å². The fourth-order valence-corrected chi connectivity index (χ4v) is 2.41. The van der Waals surface area contributed by atoms with E-state index >= 15 is 0 Å². The molecule has 0 atom stereocenters. The molecule has 1 aromatic carbocycles. The summed E-state index contributed by atoms with van der Waals surface area (Å²) in [6, 6.07) is 4.54. The Kier molecular flexibility index (Phi) is 4.70. The van der Waals surface area contributed by atoms with E-state index in [9.17, 15) is 0 Å². The van der Waals surface area contributed by atoms with Crippen molar-refractivity contribution in [2.75, 3.05) is 20.3 Å². The average Bonchev–Trinajstić information content (AvgIpc) is 3.12. The summed E-state index contributed by atoms with van der Waals surface area (Å²) >= 11 is 6.91. The lowest BCUT2D eigenvalue weighted by molar-refractivity contribution is 0.310. The molecule has 1 aliphatic rings. The Bertz CT molecular complexity index is 394. The van der Waals surface area contributed by atoms with Gasteiger partial charge in [0.1, 0.15) is 18.1 Å². The molecule has 1 aliphatic carbocycles. The van der Waals surface area contributed by atoms with Gasteiger partial charge in [-0.25, -0.2) is 0 Å². The van der Waals surface area contributed by atoms with E-state index in [1.54, 1.807) is 7.11 Å². The second kappa shape index (κ2) is 6.07. The van der Waals surface area contributed by atoms with Crippen molar-refractivity contribution in [3.63, 3.8) is 0 Å². The van der Waals surface area contributed by atoms with Crippen molar-refractivity contribution in [3.05, 3.63) is 21.1 Å². The van der Waals surface area contributed by atoms with E-state index in [-0.39, 0.29) is 0 Å². The summed E-state index contributed by atoms with van der Waals surface area (Å²) in [4.78, 5) is 0. The fourth-order valence-electron chi connectivity index (χ4n) is 1.49. The summed E-state index contributed by atoms with van der Waals surface area (Å²) in [6.45, 7) is 1.56. The van der Waals surface area contributed by atoms with Crippen LogP contribution in [0, 0.1) is 0 Å². The summed E-state index contributed by atoms with van der Waals surface area (Å²) in [5.74, 6) is 1.62. The molecule has 0 unspecified atom stereocenters. The van der Waals surface area contributed by atoms with E-state index < -0.39 is 0 Å². The molecule has 2 rings (SSSR count). The fraction of sp³-hybridized carbons (Fsp3) is 0.500. The minimum Gasteiger partial charge on any atom is -0.496 e. The largest absolute Gasteiger partial charge is 0.496 e. The monoisotopic (exact) mass is 363 g/mol. The quantitative estimate of drug-likeness (QED) is 0.785. The molecule has 1 aromatic rings.